The molecule has 0 aromatic heterocycles. The van der Waals surface area contributed by atoms with Crippen LogP contribution >= 0.6 is 0 Å². The number of nitrogens with zero attached hydrogens (tertiary/aromatic N) is 1. The zero-order valence-corrected chi connectivity index (χ0v) is 10.9. The Balaban J connectivity index is 2.03. The van der Waals surface area contributed by atoms with Crippen LogP contribution in [-0.2, 0) is 11.2 Å². The first-order valence-corrected chi connectivity index (χ1v) is 6.78. The summed E-state index contributed by atoms with van der Waals surface area (Å²) in [6, 6.07) is 7.49. The van der Waals surface area contributed by atoms with Crippen molar-refractivity contribution in [2.24, 2.45) is 0 Å². The van der Waals surface area contributed by atoms with Gasteiger partial charge in [0.1, 0.15) is 5.75 Å². The lowest BCUT2D eigenvalue weighted by Gasteiger charge is -2.27. The number of benzene rings is 1. The van der Waals surface area contributed by atoms with Gasteiger partial charge in [0.15, 0.2) is 0 Å². The van der Waals surface area contributed by atoms with E-state index in [1.54, 1.807) is 12.1 Å². The van der Waals surface area contributed by atoms with E-state index in [2.05, 4.69) is 0 Å². The van der Waals surface area contributed by atoms with Crippen LogP contribution in [0.1, 0.15) is 38.2 Å². The van der Waals surface area contributed by atoms with E-state index in [-0.39, 0.29) is 11.7 Å². The van der Waals surface area contributed by atoms with E-state index >= 15 is 0 Å². The molecule has 0 aliphatic heterocycles. The number of rotatable bonds is 4. The van der Waals surface area contributed by atoms with Gasteiger partial charge < -0.3 is 10.0 Å². The SMILES string of the molecule is CCN(C(=O)Cc1ccccc1O)C1CCCC1. The number of aromatic hydroxyl groups is 1. The Morgan fingerprint density at radius 1 is 1.33 bits per heavy atom. The minimum absolute atomic E-state index is 0.130. The van der Waals surface area contributed by atoms with Crippen molar-refractivity contribution in [1.82, 2.24) is 4.90 Å². The molecule has 0 radical (unpaired) electrons. The number of hydrogen-bond acceptors (Lipinski definition) is 2. The van der Waals surface area contributed by atoms with Crippen LogP contribution in [0.4, 0.5) is 0 Å². The molecule has 0 spiro atoms. The molecule has 1 aromatic carbocycles. The second-order valence-electron chi connectivity index (χ2n) is 4.92. The molecule has 3 nitrogen and oxygen atoms in total. The number of phenolic OH excluding ortho intramolecular Hbond substituents is 1. The maximum atomic E-state index is 12.3. The van der Waals surface area contributed by atoms with Crippen molar-refractivity contribution in [2.75, 3.05) is 6.54 Å². The van der Waals surface area contributed by atoms with Crippen molar-refractivity contribution in [2.45, 2.75) is 45.1 Å². The van der Waals surface area contributed by atoms with E-state index < -0.39 is 0 Å². The minimum atomic E-state index is 0.130. The van der Waals surface area contributed by atoms with Crippen molar-refractivity contribution in [3.8, 4) is 5.75 Å². The Labute approximate surface area is 108 Å². The van der Waals surface area contributed by atoms with E-state index in [1.807, 2.05) is 24.0 Å². The topological polar surface area (TPSA) is 40.5 Å². The molecule has 18 heavy (non-hydrogen) atoms. The molecule has 98 valence electrons. The predicted octanol–water partition coefficient (Wildman–Crippen LogP) is 2.73. The predicted molar refractivity (Wildman–Crippen MR) is 71.5 cm³/mol. The molecule has 3 heteroatoms. The van der Waals surface area contributed by atoms with Gasteiger partial charge in [-0.05, 0) is 25.8 Å². The van der Waals surface area contributed by atoms with Crippen molar-refractivity contribution in [3.05, 3.63) is 29.8 Å². The molecule has 1 fully saturated rings. The maximum absolute atomic E-state index is 12.3. The molecule has 1 saturated carbocycles. The summed E-state index contributed by atoms with van der Waals surface area (Å²) in [5.74, 6) is 0.347. The maximum Gasteiger partial charge on any atom is 0.227 e. The van der Waals surface area contributed by atoms with E-state index in [4.69, 9.17) is 0 Å². The molecule has 2 rings (SSSR count). The van der Waals surface area contributed by atoms with E-state index in [0.29, 0.717) is 12.5 Å². The lowest BCUT2D eigenvalue weighted by molar-refractivity contribution is -0.132. The van der Waals surface area contributed by atoms with E-state index in [1.165, 1.54) is 12.8 Å². The fourth-order valence-corrected chi connectivity index (χ4v) is 2.78. The fourth-order valence-electron chi connectivity index (χ4n) is 2.78. The van der Waals surface area contributed by atoms with Gasteiger partial charge in [-0.15, -0.1) is 0 Å². The normalized spacial score (nSPS) is 15.8. The number of carbonyl (C=O) groups excluding carboxylic acids is 1. The standard InChI is InChI=1S/C15H21NO2/c1-2-16(13-8-4-5-9-13)15(18)11-12-7-3-6-10-14(12)17/h3,6-7,10,13,17H,2,4-5,8-9,11H2,1H3. The molecule has 0 atom stereocenters. The molecule has 0 unspecified atom stereocenters. The fraction of sp³-hybridized carbons (Fsp3) is 0.533. The third-order valence-electron chi connectivity index (χ3n) is 3.76. The highest BCUT2D eigenvalue weighted by molar-refractivity contribution is 5.79. The average molecular weight is 247 g/mol. The molecule has 1 aliphatic carbocycles. The summed E-state index contributed by atoms with van der Waals surface area (Å²) in [5.41, 5.74) is 0.721. The van der Waals surface area contributed by atoms with Crippen LogP contribution in [0.15, 0.2) is 24.3 Å². The van der Waals surface area contributed by atoms with Crippen LogP contribution in [0, 0.1) is 0 Å². The lowest BCUT2D eigenvalue weighted by atomic mass is 10.1. The molecule has 1 N–H and O–H groups in total. The number of carbonyl (C=O) groups is 1. The zero-order valence-electron chi connectivity index (χ0n) is 10.9. The highest BCUT2D eigenvalue weighted by atomic mass is 16.3. The summed E-state index contributed by atoms with van der Waals surface area (Å²) < 4.78 is 0. The van der Waals surface area contributed by atoms with Crippen LogP contribution < -0.4 is 0 Å². The van der Waals surface area contributed by atoms with Crippen LogP contribution in [0.5, 0.6) is 5.75 Å². The van der Waals surface area contributed by atoms with Crippen molar-refractivity contribution in [1.29, 1.82) is 0 Å². The van der Waals surface area contributed by atoms with Gasteiger partial charge in [0, 0.05) is 18.2 Å². The Hall–Kier alpha value is -1.51. The largest absolute Gasteiger partial charge is 0.508 e. The number of para-hydroxylation sites is 1. The molecular formula is C15H21NO2. The number of likely N-dealkylation sites (N-methyl/N-ethyl adjacent to an activating group) is 1. The first-order valence-electron chi connectivity index (χ1n) is 6.78. The summed E-state index contributed by atoms with van der Waals surface area (Å²) in [4.78, 5) is 14.3. The van der Waals surface area contributed by atoms with Gasteiger partial charge in [0.05, 0.1) is 6.42 Å². The van der Waals surface area contributed by atoms with Gasteiger partial charge in [-0.3, -0.25) is 4.79 Å². The lowest BCUT2D eigenvalue weighted by Crippen LogP contribution is -2.39. The van der Waals surface area contributed by atoms with Crippen LogP contribution in [0.2, 0.25) is 0 Å². The monoisotopic (exact) mass is 247 g/mol. The van der Waals surface area contributed by atoms with Gasteiger partial charge in [0.25, 0.3) is 0 Å². The Morgan fingerprint density at radius 2 is 2.00 bits per heavy atom. The van der Waals surface area contributed by atoms with Gasteiger partial charge in [-0.25, -0.2) is 0 Å². The Bertz CT molecular complexity index is 411. The molecule has 1 amide bonds. The summed E-state index contributed by atoms with van der Waals surface area (Å²) in [5, 5.41) is 9.71. The number of phenols is 1. The van der Waals surface area contributed by atoms with Gasteiger partial charge in [-0.2, -0.15) is 0 Å². The van der Waals surface area contributed by atoms with Crippen molar-refractivity contribution < 1.29 is 9.90 Å². The molecule has 0 heterocycles. The molecule has 1 aliphatic rings. The zero-order chi connectivity index (χ0) is 13.0. The third-order valence-corrected chi connectivity index (χ3v) is 3.76. The molecule has 0 bridgehead atoms. The molecule has 1 aromatic rings. The quantitative estimate of drug-likeness (QED) is 0.888. The summed E-state index contributed by atoms with van der Waals surface area (Å²) in [6.07, 6.45) is 5.01. The van der Waals surface area contributed by atoms with Gasteiger partial charge in [0.2, 0.25) is 5.91 Å². The second-order valence-corrected chi connectivity index (χ2v) is 4.92. The molecule has 0 saturated heterocycles. The number of hydrogen-bond donors (Lipinski definition) is 1. The highest BCUT2D eigenvalue weighted by Gasteiger charge is 2.25. The smallest absolute Gasteiger partial charge is 0.227 e. The number of amides is 1. The Morgan fingerprint density at radius 3 is 2.61 bits per heavy atom. The highest BCUT2D eigenvalue weighted by Crippen LogP contribution is 2.25. The summed E-state index contributed by atoms with van der Waals surface area (Å²) in [7, 11) is 0. The first kappa shape index (κ1) is 12.9. The van der Waals surface area contributed by atoms with E-state index in [9.17, 15) is 9.90 Å². The first-order chi connectivity index (χ1) is 8.72. The third kappa shape index (κ3) is 2.84. The summed E-state index contributed by atoms with van der Waals surface area (Å²) >= 11 is 0. The van der Waals surface area contributed by atoms with Crippen LogP contribution in [-0.4, -0.2) is 28.5 Å². The van der Waals surface area contributed by atoms with Gasteiger partial charge >= 0.3 is 0 Å². The van der Waals surface area contributed by atoms with E-state index in [0.717, 1.165) is 24.9 Å². The average Bonchev–Trinajstić information content (AvgIpc) is 2.87. The summed E-state index contributed by atoms with van der Waals surface area (Å²) in [6.45, 7) is 2.79. The minimum Gasteiger partial charge on any atom is -0.508 e. The second kappa shape index (κ2) is 5.89. The Kier molecular flexibility index (Phi) is 4.24. The van der Waals surface area contributed by atoms with Crippen molar-refractivity contribution >= 4 is 5.91 Å². The van der Waals surface area contributed by atoms with Crippen LogP contribution in [0.25, 0.3) is 0 Å². The van der Waals surface area contributed by atoms with Gasteiger partial charge in [-0.1, -0.05) is 31.0 Å². The molecular weight excluding hydrogens is 226 g/mol. The van der Waals surface area contributed by atoms with Crippen molar-refractivity contribution in [3.63, 3.8) is 0 Å². The van der Waals surface area contributed by atoms with Crippen LogP contribution in [0.3, 0.4) is 0 Å².